The van der Waals surface area contributed by atoms with Crippen molar-refractivity contribution in [2.24, 2.45) is 4.99 Å². The molecule has 1 saturated heterocycles. The Morgan fingerprint density at radius 2 is 2.14 bits per heavy atom. The van der Waals surface area contributed by atoms with Gasteiger partial charge >= 0.3 is 0 Å². The van der Waals surface area contributed by atoms with Crippen LogP contribution in [-0.4, -0.2) is 36.3 Å². The molecule has 1 atom stereocenters. The third-order valence-electron chi connectivity index (χ3n) is 3.44. The molecule has 0 radical (unpaired) electrons. The van der Waals surface area contributed by atoms with Crippen LogP contribution in [0.4, 0.5) is 0 Å². The molecule has 0 bridgehead atoms. The highest BCUT2D eigenvalue weighted by Gasteiger charge is 2.15. The summed E-state index contributed by atoms with van der Waals surface area (Å²) in [6, 6.07) is 8.63. The number of guanidine groups is 1. The van der Waals surface area contributed by atoms with E-state index >= 15 is 0 Å². The van der Waals surface area contributed by atoms with Crippen LogP contribution in [0.25, 0.3) is 0 Å². The van der Waals surface area contributed by atoms with Crippen LogP contribution >= 0.6 is 23.5 Å². The Bertz CT molecular complexity index is 439. The second-order valence-corrected chi connectivity index (χ2v) is 7.35. The molecule has 2 rings (SSSR count). The Morgan fingerprint density at radius 3 is 2.76 bits per heavy atom. The van der Waals surface area contributed by atoms with E-state index in [1.54, 1.807) is 11.8 Å². The number of nitrogens with zero attached hydrogens (tertiary/aromatic N) is 1. The average molecular weight is 324 g/mol. The summed E-state index contributed by atoms with van der Waals surface area (Å²) in [5.41, 5.74) is 1.25. The van der Waals surface area contributed by atoms with Gasteiger partial charge in [-0.1, -0.05) is 12.1 Å². The van der Waals surface area contributed by atoms with E-state index in [0.717, 1.165) is 30.8 Å². The number of hydrogen-bond acceptors (Lipinski definition) is 3. The maximum Gasteiger partial charge on any atom is 0.191 e. The topological polar surface area (TPSA) is 36.4 Å². The first-order valence-electron chi connectivity index (χ1n) is 7.58. The van der Waals surface area contributed by atoms with Crippen LogP contribution in [0.2, 0.25) is 0 Å². The minimum absolute atomic E-state index is 0.724. The second-order valence-electron chi connectivity index (χ2n) is 5.06. The van der Waals surface area contributed by atoms with Crippen LogP contribution in [-0.2, 0) is 6.54 Å². The standard InChI is InChI=1S/C16H25N3S2/c1-3-17-16(19-12-15-5-4-10-21-15)18-11-13-6-8-14(20-2)9-7-13/h6-9,15H,3-5,10-12H2,1-2H3,(H2,17,18,19). The van der Waals surface area contributed by atoms with Crippen LogP contribution < -0.4 is 10.6 Å². The van der Waals surface area contributed by atoms with Crippen molar-refractivity contribution in [3.8, 4) is 0 Å². The summed E-state index contributed by atoms with van der Waals surface area (Å²) < 4.78 is 0. The summed E-state index contributed by atoms with van der Waals surface area (Å²) in [7, 11) is 0. The molecule has 0 amide bonds. The number of hydrogen-bond donors (Lipinski definition) is 2. The van der Waals surface area contributed by atoms with E-state index in [9.17, 15) is 0 Å². The molecular formula is C16H25N3S2. The molecule has 1 aliphatic rings. The fourth-order valence-electron chi connectivity index (χ4n) is 2.26. The van der Waals surface area contributed by atoms with Gasteiger partial charge in [-0.25, -0.2) is 4.99 Å². The highest BCUT2D eigenvalue weighted by molar-refractivity contribution is 8.00. The molecule has 0 aromatic heterocycles. The average Bonchev–Trinajstić information content (AvgIpc) is 3.04. The van der Waals surface area contributed by atoms with Gasteiger partial charge in [0.1, 0.15) is 0 Å². The summed E-state index contributed by atoms with van der Waals surface area (Å²) in [5.74, 6) is 2.24. The van der Waals surface area contributed by atoms with Crippen molar-refractivity contribution in [2.75, 3.05) is 25.1 Å². The van der Waals surface area contributed by atoms with Crippen molar-refractivity contribution in [3.63, 3.8) is 0 Å². The van der Waals surface area contributed by atoms with Crippen LogP contribution in [0, 0.1) is 0 Å². The maximum absolute atomic E-state index is 4.68. The van der Waals surface area contributed by atoms with E-state index in [1.807, 2.05) is 0 Å². The third-order valence-corrected chi connectivity index (χ3v) is 5.59. The molecule has 1 heterocycles. The molecule has 1 unspecified atom stereocenters. The molecule has 3 nitrogen and oxygen atoms in total. The van der Waals surface area contributed by atoms with Gasteiger partial charge in [-0.15, -0.1) is 11.8 Å². The SMILES string of the molecule is CCNC(=NCc1ccc(SC)cc1)NCC1CCCS1. The first kappa shape index (κ1) is 16.6. The molecule has 1 aromatic rings. The molecule has 21 heavy (non-hydrogen) atoms. The Balaban J connectivity index is 1.86. The third kappa shape index (κ3) is 5.83. The predicted molar refractivity (Wildman–Crippen MR) is 96.5 cm³/mol. The van der Waals surface area contributed by atoms with E-state index in [2.05, 4.69) is 64.8 Å². The monoisotopic (exact) mass is 323 g/mol. The lowest BCUT2D eigenvalue weighted by Gasteiger charge is -2.14. The first-order chi connectivity index (χ1) is 10.3. The zero-order chi connectivity index (χ0) is 14.9. The summed E-state index contributed by atoms with van der Waals surface area (Å²) in [5, 5.41) is 7.54. The number of nitrogens with one attached hydrogen (secondary N) is 2. The molecule has 5 heteroatoms. The Labute approximate surface area is 136 Å². The van der Waals surface area contributed by atoms with E-state index in [0.29, 0.717) is 0 Å². The van der Waals surface area contributed by atoms with Crippen molar-refractivity contribution in [2.45, 2.75) is 36.5 Å². The molecule has 1 fully saturated rings. The van der Waals surface area contributed by atoms with Crippen molar-refractivity contribution in [1.82, 2.24) is 10.6 Å². The second kappa shape index (κ2) is 9.26. The van der Waals surface area contributed by atoms with Crippen LogP contribution in [0.15, 0.2) is 34.2 Å². The highest BCUT2D eigenvalue weighted by atomic mass is 32.2. The number of thioether (sulfide) groups is 2. The van der Waals surface area contributed by atoms with E-state index < -0.39 is 0 Å². The molecule has 0 spiro atoms. The van der Waals surface area contributed by atoms with Gasteiger partial charge in [0.2, 0.25) is 0 Å². The van der Waals surface area contributed by atoms with Gasteiger partial charge in [-0.05, 0) is 49.5 Å². The van der Waals surface area contributed by atoms with Crippen LogP contribution in [0.3, 0.4) is 0 Å². The molecule has 0 aliphatic carbocycles. The minimum atomic E-state index is 0.724. The van der Waals surface area contributed by atoms with Crippen LogP contribution in [0.5, 0.6) is 0 Å². The van der Waals surface area contributed by atoms with Gasteiger partial charge in [0.05, 0.1) is 6.54 Å². The summed E-state index contributed by atoms with van der Waals surface area (Å²) in [6.07, 6.45) is 4.78. The number of aliphatic imine (C=N–C) groups is 1. The highest BCUT2D eigenvalue weighted by Crippen LogP contribution is 2.25. The number of benzene rings is 1. The lowest BCUT2D eigenvalue weighted by Crippen LogP contribution is -2.40. The molecular weight excluding hydrogens is 298 g/mol. The Morgan fingerprint density at radius 1 is 1.33 bits per heavy atom. The Kier molecular flexibility index (Phi) is 7.30. The van der Waals surface area contributed by atoms with Gasteiger partial charge in [0, 0.05) is 23.2 Å². The van der Waals surface area contributed by atoms with Crippen molar-refractivity contribution >= 4 is 29.5 Å². The normalized spacial score (nSPS) is 18.8. The van der Waals surface area contributed by atoms with Gasteiger partial charge < -0.3 is 10.6 Å². The molecule has 0 saturated carbocycles. The largest absolute Gasteiger partial charge is 0.357 e. The Hall–Kier alpha value is -0.810. The summed E-state index contributed by atoms with van der Waals surface area (Å²) in [6.45, 7) is 4.74. The molecule has 1 aliphatic heterocycles. The fourth-order valence-corrected chi connectivity index (χ4v) is 3.87. The van der Waals surface area contributed by atoms with E-state index in [-0.39, 0.29) is 0 Å². The van der Waals surface area contributed by atoms with Crippen LogP contribution in [0.1, 0.15) is 25.3 Å². The van der Waals surface area contributed by atoms with E-state index in [1.165, 1.54) is 29.1 Å². The van der Waals surface area contributed by atoms with Gasteiger partial charge in [0.25, 0.3) is 0 Å². The summed E-state index contributed by atoms with van der Waals surface area (Å²) in [4.78, 5) is 5.98. The van der Waals surface area contributed by atoms with E-state index in [4.69, 9.17) is 0 Å². The quantitative estimate of drug-likeness (QED) is 0.478. The summed E-state index contributed by atoms with van der Waals surface area (Å²) >= 11 is 3.84. The number of rotatable bonds is 6. The smallest absolute Gasteiger partial charge is 0.191 e. The molecule has 2 N–H and O–H groups in total. The van der Waals surface area contributed by atoms with Gasteiger partial charge in [-0.2, -0.15) is 11.8 Å². The minimum Gasteiger partial charge on any atom is -0.357 e. The maximum atomic E-state index is 4.68. The van der Waals surface area contributed by atoms with Crippen molar-refractivity contribution in [1.29, 1.82) is 0 Å². The van der Waals surface area contributed by atoms with Crippen molar-refractivity contribution in [3.05, 3.63) is 29.8 Å². The molecule has 1 aromatic carbocycles. The molecule has 116 valence electrons. The zero-order valence-electron chi connectivity index (χ0n) is 12.9. The zero-order valence-corrected chi connectivity index (χ0v) is 14.5. The predicted octanol–water partition coefficient (Wildman–Crippen LogP) is 3.36. The first-order valence-corrected chi connectivity index (χ1v) is 9.86. The lowest BCUT2D eigenvalue weighted by molar-refractivity contribution is 0.727. The lowest BCUT2D eigenvalue weighted by atomic mass is 10.2. The fraction of sp³-hybridized carbons (Fsp3) is 0.562. The van der Waals surface area contributed by atoms with Crippen molar-refractivity contribution < 1.29 is 0 Å². The van der Waals surface area contributed by atoms with Gasteiger partial charge in [0.15, 0.2) is 5.96 Å². The van der Waals surface area contributed by atoms with Gasteiger partial charge in [-0.3, -0.25) is 0 Å².